The largest absolute Gasteiger partial charge is 0.457 e. The van der Waals surface area contributed by atoms with E-state index in [1.165, 1.54) is 29.2 Å². The Morgan fingerprint density at radius 3 is 2.35 bits per heavy atom. The molecule has 0 saturated carbocycles. The number of benzene rings is 3. The predicted molar refractivity (Wildman–Crippen MR) is 123 cm³/mol. The normalized spacial score (nSPS) is 15.2. The van der Waals surface area contributed by atoms with Crippen LogP contribution in [0.5, 0.6) is 11.5 Å². The molecule has 1 fully saturated rings. The van der Waals surface area contributed by atoms with Crippen molar-refractivity contribution in [2.75, 3.05) is 4.90 Å². The zero-order valence-corrected chi connectivity index (χ0v) is 18.2. The van der Waals surface area contributed by atoms with Crippen LogP contribution in [0.3, 0.4) is 0 Å². The average molecular weight is 497 g/mol. The predicted octanol–water partition coefficient (Wildman–Crippen LogP) is 5.21. The number of halogens is 2. The highest BCUT2D eigenvalue weighted by Crippen LogP contribution is 2.27. The number of carbonyl (C=O) groups excluding carboxylic acids is 2. The Morgan fingerprint density at radius 2 is 1.65 bits per heavy atom. The van der Waals surface area contributed by atoms with Gasteiger partial charge in [-0.1, -0.05) is 34.1 Å². The van der Waals surface area contributed by atoms with Crippen molar-refractivity contribution >= 4 is 56.8 Å². The van der Waals surface area contributed by atoms with Crippen molar-refractivity contribution in [2.24, 2.45) is 0 Å². The zero-order valence-electron chi connectivity index (χ0n) is 15.8. The van der Waals surface area contributed by atoms with Crippen LogP contribution in [-0.2, 0) is 9.59 Å². The first-order valence-electron chi connectivity index (χ1n) is 9.12. The Balaban J connectivity index is 1.62. The summed E-state index contributed by atoms with van der Waals surface area (Å²) in [4.78, 5) is 26.6. The van der Waals surface area contributed by atoms with E-state index in [4.69, 9.17) is 17.0 Å². The van der Waals surface area contributed by atoms with Gasteiger partial charge in [0, 0.05) is 10.0 Å². The summed E-state index contributed by atoms with van der Waals surface area (Å²) in [6.07, 6.45) is 1.21. The summed E-state index contributed by atoms with van der Waals surface area (Å²) in [7, 11) is 0. The van der Waals surface area contributed by atoms with E-state index in [9.17, 15) is 14.0 Å². The summed E-state index contributed by atoms with van der Waals surface area (Å²) >= 11 is 8.45. The van der Waals surface area contributed by atoms with Gasteiger partial charge in [0.2, 0.25) is 0 Å². The Bertz CT molecular complexity index is 1210. The van der Waals surface area contributed by atoms with E-state index in [-0.39, 0.29) is 16.2 Å². The van der Waals surface area contributed by atoms with Gasteiger partial charge in [0.25, 0.3) is 11.8 Å². The molecule has 31 heavy (non-hydrogen) atoms. The van der Waals surface area contributed by atoms with Gasteiger partial charge < -0.3 is 4.74 Å². The summed E-state index contributed by atoms with van der Waals surface area (Å²) in [5.41, 5.74) is 0.318. The molecule has 1 aliphatic heterocycles. The number of amides is 2. The lowest BCUT2D eigenvalue weighted by molar-refractivity contribution is -0.122. The van der Waals surface area contributed by atoms with Crippen LogP contribution < -0.4 is 15.0 Å². The van der Waals surface area contributed by atoms with Gasteiger partial charge in [-0.2, -0.15) is 0 Å². The highest BCUT2D eigenvalue weighted by Gasteiger charge is 2.34. The average Bonchev–Trinajstić information content (AvgIpc) is 2.75. The first-order chi connectivity index (χ1) is 14.9. The van der Waals surface area contributed by atoms with Gasteiger partial charge >= 0.3 is 0 Å². The number of thiocarbonyl (C=S) groups is 1. The number of hydrogen-bond acceptors (Lipinski definition) is 4. The quantitative estimate of drug-likeness (QED) is 0.306. The summed E-state index contributed by atoms with van der Waals surface area (Å²) in [6, 6.07) is 20.2. The molecule has 0 aromatic heterocycles. The van der Waals surface area contributed by atoms with Crippen LogP contribution in [0.15, 0.2) is 82.8 Å². The Hall–Kier alpha value is -3.36. The fourth-order valence-electron chi connectivity index (χ4n) is 2.96. The number of hydrogen-bond donors (Lipinski definition) is 1. The minimum atomic E-state index is -0.686. The fourth-order valence-corrected chi connectivity index (χ4v) is 3.62. The molecule has 1 heterocycles. The van der Waals surface area contributed by atoms with Crippen LogP contribution >= 0.6 is 28.1 Å². The van der Waals surface area contributed by atoms with Gasteiger partial charge in [-0.15, -0.1) is 0 Å². The third-order valence-corrected chi connectivity index (χ3v) is 5.21. The molecule has 2 amide bonds. The molecular weight excluding hydrogens is 483 g/mol. The lowest BCUT2D eigenvalue weighted by Gasteiger charge is -2.29. The second-order valence-corrected chi connectivity index (χ2v) is 7.84. The van der Waals surface area contributed by atoms with Gasteiger partial charge in [-0.05, 0) is 72.9 Å². The molecule has 5 nitrogen and oxygen atoms in total. The van der Waals surface area contributed by atoms with Gasteiger partial charge in [-0.25, -0.2) is 4.39 Å². The molecular formula is C23H14BrFN2O3S. The molecule has 0 unspecified atom stereocenters. The van der Waals surface area contributed by atoms with Crippen LogP contribution in [0.4, 0.5) is 10.1 Å². The number of anilines is 1. The van der Waals surface area contributed by atoms with Crippen molar-refractivity contribution < 1.29 is 18.7 Å². The topological polar surface area (TPSA) is 58.6 Å². The molecule has 0 bridgehead atoms. The van der Waals surface area contributed by atoms with Gasteiger partial charge in [-0.3, -0.25) is 19.8 Å². The third kappa shape index (κ3) is 4.55. The molecule has 1 aliphatic rings. The molecule has 3 aromatic rings. The first-order valence-corrected chi connectivity index (χ1v) is 10.3. The monoisotopic (exact) mass is 496 g/mol. The van der Waals surface area contributed by atoms with Gasteiger partial charge in [0.1, 0.15) is 22.9 Å². The first kappa shape index (κ1) is 20.9. The number of nitrogens with zero attached hydrogens (tertiary/aromatic N) is 1. The highest BCUT2D eigenvalue weighted by atomic mass is 79.9. The van der Waals surface area contributed by atoms with Crippen LogP contribution in [0.2, 0.25) is 0 Å². The van der Waals surface area contributed by atoms with Crippen LogP contribution in [0.25, 0.3) is 6.08 Å². The van der Waals surface area contributed by atoms with Crippen LogP contribution in [0, 0.1) is 5.82 Å². The number of carbonyl (C=O) groups is 2. The number of ether oxygens (including phenoxy) is 1. The summed E-state index contributed by atoms with van der Waals surface area (Å²) in [5, 5.41) is 2.42. The van der Waals surface area contributed by atoms with E-state index in [2.05, 4.69) is 21.2 Å². The van der Waals surface area contributed by atoms with E-state index >= 15 is 0 Å². The SMILES string of the molecule is O=C1NC(=S)N(c2ccc(Oc3ccccc3)cc2)C(=O)/C1=C/c1cc(Br)ccc1F. The van der Waals surface area contributed by atoms with Crippen molar-refractivity contribution in [2.45, 2.75) is 0 Å². The van der Waals surface area contributed by atoms with E-state index in [1.807, 2.05) is 30.3 Å². The maximum absolute atomic E-state index is 14.1. The lowest BCUT2D eigenvalue weighted by atomic mass is 10.1. The molecule has 1 N–H and O–H groups in total. The van der Waals surface area contributed by atoms with Crippen molar-refractivity contribution in [1.29, 1.82) is 0 Å². The van der Waals surface area contributed by atoms with E-state index in [0.717, 1.165) is 0 Å². The second kappa shape index (κ2) is 8.79. The number of rotatable bonds is 4. The Kier molecular flexibility index (Phi) is 5.92. The lowest BCUT2D eigenvalue weighted by Crippen LogP contribution is -2.54. The molecule has 0 radical (unpaired) electrons. The summed E-state index contributed by atoms with van der Waals surface area (Å²) < 4.78 is 20.5. The van der Waals surface area contributed by atoms with Gasteiger partial charge in [0.05, 0.1) is 5.69 Å². The van der Waals surface area contributed by atoms with E-state index in [1.54, 1.807) is 24.3 Å². The molecule has 154 valence electrons. The molecule has 0 atom stereocenters. The Labute approximate surface area is 191 Å². The number of nitrogens with one attached hydrogen (secondary N) is 1. The molecule has 4 rings (SSSR count). The smallest absolute Gasteiger partial charge is 0.270 e. The molecule has 3 aromatic carbocycles. The number of para-hydroxylation sites is 1. The fraction of sp³-hybridized carbons (Fsp3) is 0. The van der Waals surface area contributed by atoms with Crippen molar-refractivity contribution in [3.63, 3.8) is 0 Å². The zero-order chi connectivity index (χ0) is 22.0. The summed E-state index contributed by atoms with van der Waals surface area (Å²) in [6.45, 7) is 0. The maximum atomic E-state index is 14.1. The minimum Gasteiger partial charge on any atom is -0.457 e. The highest BCUT2D eigenvalue weighted by molar-refractivity contribution is 9.10. The summed E-state index contributed by atoms with van der Waals surface area (Å²) in [5.74, 6) is -0.646. The van der Waals surface area contributed by atoms with Crippen LogP contribution in [-0.4, -0.2) is 16.9 Å². The van der Waals surface area contributed by atoms with Crippen molar-refractivity contribution in [3.05, 3.63) is 94.2 Å². The standard InChI is InChI=1S/C23H14BrFN2O3S/c24-15-6-11-20(25)14(12-15)13-19-21(28)26-23(31)27(22(19)29)16-7-9-18(10-8-16)30-17-4-2-1-3-5-17/h1-13H,(H,26,28,31)/b19-13+. The third-order valence-electron chi connectivity index (χ3n) is 4.43. The molecule has 0 aliphatic carbocycles. The minimum absolute atomic E-state index is 0.0569. The van der Waals surface area contributed by atoms with E-state index < -0.39 is 17.6 Å². The Morgan fingerprint density at radius 1 is 0.968 bits per heavy atom. The second-order valence-electron chi connectivity index (χ2n) is 6.53. The maximum Gasteiger partial charge on any atom is 0.270 e. The van der Waals surface area contributed by atoms with Crippen LogP contribution in [0.1, 0.15) is 5.56 Å². The van der Waals surface area contributed by atoms with Crippen molar-refractivity contribution in [1.82, 2.24) is 5.32 Å². The van der Waals surface area contributed by atoms with Gasteiger partial charge in [0.15, 0.2) is 5.11 Å². The molecule has 8 heteroatoms. The molecule has 1 saturated heterocycles. The van der Waals surface area contributed by atoms with Crippen molar-refractivity contribution in [3.8, 4) is 11.5 Å². The van der Waals surface area contributed by atoms with E-state index in [0.29, 0.717) is 21.7 Å². The molecule has 0 spiro atoms.